The van der Waals surface area contributed by atoms with Crippen molar-refractivity contribution in [3.05, 3.63) is 78.5 Å². The molecule has 0 spiro atoms. The number of carbonyl (C=O) groups is 1. The molecule has 9 heteroatoms. The van der Waals surface area contributed by atoms with Crippen molar-refractivity contribution in [1.29, 1.82) is 0 Å². The first-order valence-corrected chi connectivity index (χ1v) is 11.4. The molecule has 5 rings (SSSR count). The third-order valence-corrected chi connectivity index (χ3v) is 6.16. The number of benzene rings is 1. The fourth-order valence-electron chi connectivity index (χ4n) is 4.26. The second-order valence-electron chi connectivity index (χ2n) is 8.05. The smallest absolute Gasteiger partial charge is 0.246 e. The van der Waals surface area contributed by atoms with Gasteiger partial charge in [0.15, 0.2) is 0 Å². The van der Waals surface area contributed by atoms with E-state index in [2.05, 4.69) is 21.5 Å². The average molecular weight is 493 g/mol. The Morgan fingerprint density at radius 2 is 2.20 bits per heavy atom. The maximum atomic E-state index is 15.0. The van der Waals surface area contributed by atoms with Crippen LogP contribution in [0.1, 0.15) is 0 Å². The molecule has 35 heavy (non-hydrogen) atoms. The fraction of sp³-hybridized carbons (Fsp3) is 0.192. The summed E-state index contributed by atoms with van der Waals surface area (Å²) in [6.07, 6.45) is 6.17. The van der Waals surface area contributed by atoms with E-state index in [-0.39, 0.29) is 18.6 Å². The van der Waals surface area contributed by atoms with Gasteiger partial charge in [-0.25, -0.2) is 4.39 Å². The van der Waals surface area contributed by atoms with Crippen LogP contribution in [0.25, 0.3) is 33.4 Å². The van der Waals surface area contributed by atoms with Crippen LogP contribution in [0, 0.1) is 5.82 Å². The lowest BCUT2D eigenvalue weighted by molar-refractivity contribution is -0.135. The zero-order valence-corrected chi connectivity index (χ0v) is 19.5. The van der Waals surface area contributed by atoms with E-state index in [9.17, 15) is 9.18 Å². The maximum absolute atomic E-state index is 15.0. The second-order valence-corrected chi connectivity index (χ2v) is 8.48. The van der Waals surface area contributed by atoms with Crippen LogP contribution in [0.4, 0.5) is 4.39 Å². The molecule has 3 aromatic heterocycles. The lowest BCUT2D eigenvalue weighted by Crippen LogP contribution is -2.50. The van der Waals surface area contributed by atoms with E-state index >= 15 is 0 Å². The first kappa shape index (κ1) is 23.0. The highest BCUT2D eigenvalue weighted by Crippen LogP contribution is 2.42. The molecule has 1 amide bonds. The number of fused-ring (bicyclic) bond motifs is 1. The van der Waals surface area contributed by atoms with E-state index in [1.165, 1.54) is 18.2 Å². The number of aromatic amines is 1. The number of morpholine rings is 1. The fourth-order valence-corrected chi connectivity index (χ4v) is 4.43. The van der Waals surface area contributed by atoms with Gasteiger partial charge in [0.05, 0.1) is 42.2 Å². The predicted octanol–water partition coefficient (Wildman–Crippen LogP) is 4.88. The number of nitrogens with zero attached hydrogens (tertiary/aromatic N) is 3. The number of rotatable bonds is 6. The zero-order valence-electron chi connectivity index (χ0n) is 18.7. The number of amides is 1. The van der Waals surface area contributed by atoms with Gasteiger partial charge in [-0.2, -0.15) is 0 Å². The minimum absolute atomic E-state index is 0.172. The number of aromatic nitrogens is 3. The predicted molar refractivity (Wildman–Crippen MR) is 132 cm³/mol. The number of nitrogens with one attached hydrogen (secondary N) is 1. The Hall–Kier alpha value is -3.75. The van der Waals surface area contributed by atoms with Crippen LogP contribution in [0.3, 0.4) is 0 Å². The zero-order chi connectivity index (χ0) is 24.4. The van der Waals surface area contributed by atoms with Crippen molar-refractivity contribution in [2.24, 2.45) is 0 Å². The van der Waals surface area contributed by atoms with Crippen LogP contribution in [-0.4, -0.2) is 58.2 Å². The van der Waals surface area contributed by atoms with Gasteiger partial charge >= 0.3 is 0 Å². The molecule has 1 saturated heterocycles. The van der Waals surface area contributed by atoms with E-state index in [0.29, 0.717) is 58.4 Å². The van der Waals surface area contributed by atoms with E-state index in [0.717, 1.165) is 5.52 Å². The molecule has 1 aliphatic rings. The summed E-state index contributed by atoms with van der Waals surface area (Å²) in [6, 6.07) is 9.61. The summed E-state index contributed by atoms with van der Waals surface area (Å²) in [5.74, 6) is -0.121. The van der Waals surface area contributed by atoms with Gasteiger partial charge < -0.3 is 19.4 Å². The summed E-state index contributed by atoms with van der Waals surface area (Å²) in [7, 11) is 0. The van der Waals surface area contributed by atoms with Gasteiger partial charge in [-0.15, -0.1) is 0 Å². The monoisotopic (exact) mass is 492 g/mol. The molecular weight excluding hydrogens is 471 g/mol. The van der Waals surface area contributed by atoms with Crippen LogP contribution < -0.4 is 4.74 Å². The Bertz CT molecular complexity index is 1410. The molecule has 1 aromatic carbocycles. The number of halogens is 2. The van der Waals surface area contributed by atoms with Gasteiger partial charge in [0.1, 0.15) is 18.2 Å². The molecule has 1 aliphatic heterocycles. The summed E-state index contributed by atoms with van der Waals surface area (Å²) in [5.41, 5.74) is 3.53. The summed E-state index contributed by atoms with van der Waals surface area (Å²) in [5, 5.41) is 0.410. The molecule has 0 aliphatic carbocycles. The highest BCUT2D eigenvalue weighted by molar-refractivity contribution is 6.31. The minimum Gasteiger partial charge on any atom is -0.489 e. The van der Waals surface area contributed by atoms with E-state index in [4.69, 9.17) is 21.1 Å². The topological polar surface area (TPSA) is 80.3 Å². The van der Waals surface area contributed by atoms with Crippen molar-refractivity contribution in [2.45, 2.75) is 6.04 Å². The standard InChI is InChI=1S/C26H22ClFN4O3/c1-2-23(33)32-10-11-34-14-17(32)15-35-22-13-29-9-7-18(22)25-24(19-12-16(27)5-6-20(19)28)26-21(31-25)4-3-8-30-26/h2-9,12-13,17,31H,1,10-11,14-15H2/t17-/m0/s1. The van der Waals surface area contributed by atoms with Gasteiger partial charge in [-0.1, -0.05) is 18.2 Å². The highest BCUT2D eigenvalue weighted by Gasteiger charge is 2.27. The lowest BCUT2D eigenvalue weighted by atomic mass is 10.00. The van der Waals surface area contributed by atoms with E-state index in [1.54, 1.807) is 41.7 Å². The molecule has 0 bridgehead atoms. The molecule has 0 saturated carbocycles. The van der Waals surface area contributed by atoms with Crippen molar-refractivity contribution in [2.75, 3.05) is 26.4 Å². The number of ether oxygens (including phenoxy) is 2. The first-order chi connectivity index (χ1) is 17.1. The van der Waals surface area contributed by atoms with Crippen LogP contribution in [0.5, 0.6) is 5.75 Å². The molecule has 0 unspecified atom stereocenters. The maximum Gasteiger partial charge on any atom is 0.246 e. The summed E-state index contributed by atoms with van der Waals surface area (Å²) in [4.78, 5) is 26.0. The number of hydrogen-bond acceptors (Lipinski definition) is 5. The minimum atomic E-state index is -0.420. The number of carbonyl (C=O) groups excluding carboxylic acids is 1. The average Bonchev–Trinajstić information content (AvgIpc) is 3.28. The molecule has 1 fully saturated rings. The quantitative estimate of drug-likeness (QED) is 0.388. The van der Waals surface area contributed by atoms with E-state index in [1.807, 2.05) is 6.07 Å². The van der Waals surface area contributed by atoms with Gasteiger partial charge in [-0.05, 0) is 42.5 Å². The van der Waals surface area contributed by atoms with Gasteiger partial charge in [-0.3, -0.25) is 14.8 Å². The Morgan fingerprint density at radius 1 is 1.31 bits per heavy atom. The molecule has 178 valence electrons. The van der Waals surface area contributed by atoms with Crippen molar-refractivity contribution < 1.29 is 18.7 Å². The molecule has 4 heterocycles. The first-order valence-electron chi connectivity index (χ1n) is 11.1. The van der Waals surface area contributed by atoms with Crippen molar-refractivity contribution in [3.8, 4) is 28.1 Å². The van der Waals surface area contributed by atoms with E-state index < -0.39 is 5.82 Å². The Morgan fingerprint density at radius 3 is 3.06 bits per heavy atom. The van der Waals surface area contributed by atoms with Crippen LogP contribution >= 0.6 is 11.6 Å². The molecule has 1 N–H and O–H groups in total. The van der Waals surface area contributed by atoms with Crippen LogP contribution in [0.2, 0.25) is 5.02 Å². The lowest BCUT2D eigenvalue weighted by Gasteiger charge is -2.34. The van der Waals surface area contributed by atoms with Crippen LogP contribution in [-0.2, 0) is 9.53 Å². The molecule has 1 atom stereocenters. The Kier molecular flexibility index (Phi) is 6.48. The normalized spacial score (nSPS) is 15.8. The number of pyridine rings is 2. The second kappa shape index (κ2) is 9.85. The van der Waals surface area contributed by atoms with Crippen molar-refractivity contribution in [3.63, 3.8) is 0 Å². The molecule has 7 nitrogen and oxygen atoms in total. The summed E-state index contributed by atoms with van der Waals surface area (Å²) in [6.45, 7) is 5.05. The number of hydrogen-bond donors (Lipinski definition) is 1. The van der Waals surface area contributed by atoms with Gasteiger partial charge in [0.2, 0.25) is 5.91 Å². The number of H-pyrrole nitrogens is 1. The summed E-state index contributed by atoms with van der Waals surface area (Å²) >= 11 is 6.22. The third kappa shape index (κ3) is 4.50. The Balaban J connectivity index is 1.56. The Labute approximate surface area is 206 Å². The molecule has 0 radical (unpaired) electrons. The summed E-state index contributed by atoms with van der Waals surface area (Å²) < 4.78 is 26.7. The molecule has 4 aromatic rings. The van der Waals surface area contributed by atoms with Crippen molar-refractivity contribution >= 4 is 28.5 Å². The largest absolute Gasteiger partial charge is 0.489 e. The van der Waals surface area contributed by atoms with Gasteiger partial charge in [0, 0.05) is 40.7 Å². The van der Waals surface area contributed by atoms with Crippen LogP contribution in [0.15, 0.2) is 67.6 Å². The third-order valence-electron chi connectivity index (χ3n) is 5.92. The molecular formula is C26H22ClFN4O3. The van der Waals surface area contributed by atoms with Gasteiger partial charge in [0.25, 0.3) is 0 Å². The SMILES string of the molecule is C=CC(=O)N1CCOC[C@H]1COc1cnccc1-c1[nH]c2cccnc2c1-c1cc(Cl)ccc1F. The van der Waals surface area contributed by atoms with Crippen molar-refractivity contribution in [1.82, 2.24) is 19.9 Å². The highest BCUT2D eigenvalue weighted by atomic mass is 35.5.